The minimum atomic E-state index is -0.336. The average molecular weight is 234 g/mol. The zero-order valence-corrected chi connectivity index (χ0v) is 10.5. The number of methoxy groups -OCH3 is 1. The van der Waals surface area contributed by atoms with Crippen LogP contribution in [0, 0.1) is 12.8 Å². The third-order valence-corrected chi connectivity index (χ3v) is 3.20. The molecule has 0 bridgehead atoms. The van der Waals surface area contributed by atoms with Crippen LogP contribution in [-0.2, 0) is 4.74 Å². The third kappa shape index (κ3) is 2.75. The summed E-state index contributed by atoms with van der Waals surface area (Å²) in [5.74, 6) is 1.27. The molecule has 1 aromatic heterocycles. The molecule has 1 aliphatic rings. The van der Waals surface area contributed by atoms with Crippen molar-refractivity contribution in [2.45, 2.75) is 32.7 Å². The number of carbonyl (C=O) groups is 1. The lowest BCUT2D eigenvalue weighted by molar-refractivity contribution is 0.0599. The van der Waals surface area contributed by atoms with Gasteiger partial charge in [-0.2, -0.15) is 0 Å². The van der Waals surface area contributed by atoms with E-state index in [0.29, 0.717) is 17.3 Å². The first-order valence-corrected chi connectivity index (χ1v) is 5.94. The number of carbonyl (C=O) groups excluding carboxylic acids is 1. The van der Waals surface area contributed by atoms with Crippen molar-refractivity contribution >= 4 is 11.8 Å². The van der Waals surface area contributed by atoms with E-state index in [-0.39, 0.29) is 5.97 Å². The maximum atomic E-state index is 11.4. The molecule has 0 aromatic carbocycles. The largest absolute Gasteiger partial charge is 0.465 e. The van der Waals surface area contributed by atoms with Gasteiger partial charge in [0, 0.05) is 6.04 Å². The number of rotatable bonds is 4. The lowest BCUT2D eigenvalue weighted by Gasteiger charge is -2.14. The first kappa shape index (κ1) is 11.9. The maximum absolute atomic E-state index is 11.4. The highest BCUT2D eigenvalue weighted by Crippen LogP contribution is 2.33. The number of nitrogens with zero attached hydrogens (tertiary/aromatic N) is 1. The van der Waals surface area contributed by atoms with Gasteiger partial charge in [-0.15, -0.1) is 0 Å². The van der Waals surface area contributed by atoms with Crippen molar-refractivity contribution in [1.29, 1.82) is 0 Å². The third-order valence-electron chi connectivity index (χ3n) is 3.20. The SMILES string of the molecule is COC(=O)c1ccc(NC(C)C2CC2)nc1C. The fourth-order valence-corrected chi connectivity index (χ4v) is 1.91. The Morgan fingerprint density at radius 1 is 1.53 bits per heavy atom. The molecule has 1 aromatic rings. The first-order chi connectivity index (χ1) is 8.11. The standard InChI is InChI=1S/C13H18N2O2/c1-8(10-4-5-10)14-12-7-6-11(9(2)15-12)13(16)17-3/h6-8,10H,4-5H2,1-3H3,(H,14,15). The highest BCUT2D eigenvalue weighted by molar-refractivity contribution is 5.90. The van der Waals surface area contributed by atoms with Gasteiger partial charge in [0.15, 0.2) is 0 Å². The van der Waals surface area contributed by atoms with Crippen molar-refractivity contribution in [2.75, 3.05) is 12.4 Å². The summed E-state index contributed by atoms with van der Waals surface area (Å²) in [7, 11) is 1.38. The second kappa shape index (κ2) is 4.73. The van der Waals surface area contributed by atoms with Gasteiger partial charge in [-0.25, -0.2) is 9.78 Å². The van der Waals surface area contributed by atoms with Crippen molar-refractivity contribution in [3.05, 3.63) is 23.4 Å². The minimum Gasteiger partial charge on any atom is -0.465 e. The first-order valence-electron chi connectivity index (χ1n) is 5.94. The second-order valence-electron chi connectivity index (χ2n) is 4.59. The molecule has 1 fully saturated rings. The van der Waals surface area contributed by atoms with Crippen molar-refractivity contribution in [1.82, 2.24) is 4.98 Å². The molecule has 92 valence electrons. The van der Waals surface area contributed by atoms with Crippen LogP contribution < -0.4 is 5.32 Å². The van der Waals surface area contributed by atoms with Gasteiger partial charge in [0.25, 0.3) is 0 Å². The Morgan fingerprint density at radius 2 is 2.24 bits per heavy atom. The molecule has 1 aliphatic carbocycles. The molecule has 1 N–H and O–H groups in total. The molecule has 0 aliphatic heterocycles. The van der Waals surface area contributed by atoms with Crippen LogP contribution in [-0.4, -0.2) is 24.1 Å². The van der Waals surface area contributed by atoms with Crippen molar-refractivity contribution in [3.8, 4) is 0 Å². The Kier molecular flexibility index (Phi) is 3.31. The monoisotopic (exact) mass is 234 g/mol. The van der Waals surface area contributed by atoms with Gasteiger partial charge in [-0.05, 0) is 44.7 Å². The van der Waals surface area contributed by atoms with Gasteiger partial charge in [-0.3, -0.25) is 0 Å². The zero-order valence-electron chi connectivity index (χ0n) is 10.5. The fraction of sp³-hybridized carbons (Fsp3) is 0.538. The minimum absolute atomic E-state index is 0.336. The summed E-state index contributed by atoms with van der Waals surface area (Å²) in [6.45, 7) is 3.99. The molecule has 4 heteroatoms. The van der Waals surface area contributed by atoms with Gasteiger partial charge < -0.3 is 10.1 Å². The summed E-state index contributed by atoms with van der Waals surface area (Å²) in [5.41, 5.74) is 1.22. The number of ether oxygens (including phenoxy) is 1. The number of esters is 1. The predicted octanol–water partition coefficient (Wildman–Crippen LogP) is 2.39. The number of nitrogens with one attached hydrogen (secondary N) is 1. The highest BCUT2D eigenvalue weighted by Gasteiger charge is 2.28. The molecule has 4 nitrogen and oxygen atoms in total. The number of anilines is 1. The quantitative estimate of drug-likeness (QED) is 0.813. The lowest BCUT2D eigenvalue weighted by atomic mass is 10.2. The maximum Gasteiger partial charge on any atom is 0.339 e. The Balaban J connectivity index is 2.09. The molecular formula is C13H18N2O2. The summed E-state index contributed by atoms with van der Waals surface area (Å²) in [6.07, 6.45) is 2.60. The topological polar surface area (TPSA) is 51.2 Å². The van der Waals surface area contributed by atoms with E-state index in [4.69, 9.17) is 0 Å². The summed E-state index contributed by atoms with van der Waals surface area (Å²) in [5, 5.41) is 3.37. The zero-order chi connectivity index (χ0) is 12.4. The molecule has 2 rings (SSSR count). The van der Waals surface area contributed by atoms with Gasteiger partial charge in [0.05, 0.1) is 18.4 Å². The Hall–Kier alpha value is -1.58. The number of pyridine rings is 1. The number of aryl methyl sites for hydroxylation is 1. The van der Waals surface area contributed by atoms with Crippen LogP contribution in [0.25, 0.3) is 0 Å². The van der Waals surface area contributed by atoms with Crippen LogP contribution in [0.5, 0.6) is 0 Å². The molecule has 0 amide bonds. The molecule has 17 heavy (non-hydrogen) atoms. The van der Waals surface area contributed by atoms with E-state index < -0.39 is 0 Å². The Morgan fingerprint density at radius 3 is 2.76 bits per heavy atom. The van der Waals surface area contributed by atoms with E-state index in [0.717, 1.165) is 11.7 Å². The van der Waals surface area contributed by atoms with Crippen LogP contribution >= 0.6 is 0 Å². The summed E-state index contributed by atoms with van der Waals surface area (Å²) < 4.78 is 4.69. The van der Waals surface area contributed by atoms with Crippen molar-refractivity contribution in [2.24, 2.45) is 5.92 Å². The summed E-state index contributed by atoms with van der Waals surface area (Å²) >= 11 is 0. The smallest absolute Gasteiger partial charge is 0.339 e. The molecule has 0 spiro atoms. The second-order valence-corrected chi connectivity index (χ2v) is 4.59. The van der Waals surface area contributed by atoms with Crippen LogP contribution in [0.4, 0.5) is 5.82 Å². The summed E-state index contributed by atoms with van der Waals surface area (Å²) in [6, 6.07) is 4.04. The number of aromatic nitrogens is 1. The summed E-state index contributed by atoms with van der Waals surface area (Å²) in [4.78, 5) is 15.8. The Bertz CT molecular complexity index is 427. The van der Waals surface area contributed by atoms with Crippen LogP contribution in [0.15, 0.2) is 12.1 Å². The van der Waals surface area contributed by atoms with Crippen molar-refractivity contribution in [3.63, 3.8) is 0 Å². The van der Waals surface area contributed by atoms with Gasteiger partial charge in [-0.1, -0.05) is 0 Å². The van der Waals surface area contributed by atoms with Crippen LogP contribution in [0.1, 0.15) is 35.8 Å². The molecule has 1 unspecified atom stereocenters. The van der Waals surface area contributed by atoms with Crippen molar-refractivity contribution < 1.29 is 9.53 Å². The molecule has 0 saturated heterocycles. The molecule has 1 atom stereocenters. The van der Waals surface area contributed by atoms with Gasteiger partial charge in [0.2, 0.25) is 0 Å². The Labute approximate surface area is 101 Å². The van der Waals surface area contributed by atoms with E-state index in [1.54, 1.807) is 6.07 Å². The van der Waals surface area contributed by atoms with Gasteiger partial charge >= 0.3 is 5.97 Å². The molecule has 1 heterocycles. The van der Waals surface area contributed by atoms with E-state index >= 15 is 0 Å². The average Bonchev–Trinajstić information content (AvgIpc) is 3.12. The van der Waals surface area contributed by atoms with E-state index in [1.807, 2.05) is 13.0 Å². The van der Waals surface area contributed by atoms with E-state index in [1.165, 1.54) is 20.0 Å². The van der Waals surface area contributed by atoms with E-state index in [2.05, 4.69) is 22.0 Å². The molecule has 0 radical (unpaired) electrons. The molecular weight excluding hydrogens is 216 g/mol. The highest BCUT2D eigenvalue weighted by atomic mass is 16.5. The molecule has 1 saturated carbocycles. The number of hydrogen-bond donors (Lipinski definition) is 1. The number of hydrogen-bond acceptors (Lipinski definition) is 4. The fourth-order valence-electron chi connectivity index (χ4n) is 1.91. The lowest BCUT2D eigenvalue weighted by Crippen LogP contribution is -2.18. The van der Waals surface area contributed by atoms with Crippen LogP contribution in [0.2, 0.25) is 0 Å². The van der Waals surface area contributed by atoms with Crippen LogP contribution in [0.3, 0.4) is 0 Å². The predicted molar refractivity (Wildman–Crippen MR) is 66.1 cm³/mol. The normalized spacial score (nSPS) is 16.4. The van der Waals surface area contributed by atoms with E-state index in [9.17, 15) is 4.79 Å². The van der Waals surface area contributed by atoms with Gasteiger partial charge in [0.1, 0.15) is 5.82 Å².